The molecule has 0 unspecified atom stereocenters. The summed E-state index contributed by atoms with van der Waals surface area (Å²) in [4.78, 5) is 4.72. The lowest BCUT2D eigenvalue weighted by atomic mass is 10.0. The van der Waals surface area contributed by atoms with E-state index in [9.17, 15) is 0 Å². The van der Waals surface area contributed by atoms with Gasteiger partial charge in [-0.1, -0.05) is 42.5 Å². The van der Waals surface area contributed by atoms with Crippen molar-refractivity contribution < 1.29 is 0 Å². The Morgan fingerprint density at radius 1 is 1.10 bits per heavy atom. The minimum atomic E-state index is 0.908. The van der Waals surface area contributed by atoms with Crippen LogP contribution >= 0.6 is 11.3 Å². The molecular weight excluding hydrogens is 274 g/mol. The van der Waals surface area contributed by atoms with Crippen molar-refractivity contribution in [1.29, 1.82) is 0 Å². The second-order valence-corrected chi connectivity index (χ2v) is 6.82. The van der Waals surface area contributed by atoms with Gasteiger partial charge < -0.3 is 0 Å². The van der Waals surface area contributed by atoms with Crippen LogP contribution in [0, 0.1) is 6.92 Å². The maximum Gasteiger partial charge on any atom is 0.0982 e. The highest BCUT2D eigenvalue weighted by atomic mass is 32.1. The van der Waals surface area contributed by atoms with E-state index in [1.54, 1.807) is 11.3 Å². The summed E-state index contributed by atoms with van der Waals surface area (Å²) in [5, 5.41) is 1.18. The van der Waals surface area contributed by atoms with Crippen LogP contribution in [0.4, 0.5) is 0 Å². The van der Waals surface area contributed by atoms with E-state index in [2.05, 4.69) is 62.9 Å². The monoisotopic (exact) mass is 293 g/mol. The molecule has 0 fully saturated rings. The Kier molecular flexibility index (Phi) is 3.89. The van der Waals surface area contributed by atoms with Gasteiger partial charge in [-0.15, -0.1) is 11.3 Å². The molecule has 0 bridgehead atoms. The first-order chi connectivity index (χ1) is 10.1. The Balaban J connectivity index is 1.79. The zero-order valence-electron chi connectivity index (χ0n) is 12.5. The maximum absolute atomic E-state index is 4.72. The Hall–Kier alpha value is -1.93. The molecule has 21 heavy (non-hydrogen) atoms. The van der Waals surface area contributed by atoms with E-state index in [0.717, 1.165) is 18.4 Å². The van der Waals surface area contributed by atoms with Gasteiger partial charge in [0.25, 0.3) is 0 Å². The first-order valence-electron chi connectivity index (χ1n) is 7.18. The number of hydrogen-bond acceptors (Lipinski definition) is 2. The van der Waals surface area contributed by atoms with Crippen LogP contribution in [0.2, 0.25) is 0 Å². The molecule has 0 radical (unpaired) electrons. The van der Waals surface area contributed by atoms with Gasteiger partial charge in [0.1, 0.15) is 0 Å². The minimum Gasteiger partial charge on any atom is -0.241 e. The number of thiazole rings is 1. The number of nitrogens with zero attached hydrogens (tertiary/aromatic N) is 1. The molecule has 0 aliphatic rings. The molecule has 0 atom stereocenters. The minimum absolute atomic E-state index is 0.908. The van der Waals surface area contributed by atoms with Crippen LogP contribution in [0.15, 0.2) is 54.6 Å². The highest BCUT2D eigenvalue weighted by Crippen LogP contribution is 2.25. The summed E-state index contributed by atoms with van der Waals surface area (Å²) in [5.74, 6) is 0. The lowest BCUT2D eigenvalue weighted by Crippen LogP contribution is -1.89. The van der Waals surface area contributed by atoms with E-state index >= 15 is 0 Å². The highest BCUT2D eigenvalue weighted by Gasteiger charge is 2.05. The van der Waals surface area contributed by atoms with Crippen LogP contribution in [0.5, 0.6) is 0 Å². The fourth-order valence-electron chi connectivity index (χ4n) is 2.45. The third-order valence-electron chi connectivity index (χ3n) is 3.47. The van der Waals surface area contributed by atoms with Crippen LogP contribution in [0.25, 0.3) is 10.2 Å². The fraction of sp³-hybridized carbons (Fsp3) is 0.211. The predicted molar refractivity (Wildman–Crippen MR) is 92.1 cm³/mol. The van der Waals surface area contributed by atoms with Gasteiger partial charge in [-0.2, -0.15) is 0 Å². The van der Waals surface area contributed by atoms with E-state index < -0.39 is 0 Å². The highest BCUT2D eigenvalue weighted by molar-refractivity contribution is 7.18. The number of benzene rings is 2. The number of fused-ring (bicyclic) bond motifs is 1. The van der Waals surface area contributed by atoms with Crippen molar-refractivity contribution in [3.05, 3.63) is 76.3 Å². The fourth-order valence-corrected chi connectivity index (χ4v) is 3.55. The second kappa shape index (κ2) is 5.82. The molecule has 1 nitrogen and oxygen atoms in total. The maximum atomic E-state index is 4.72. The van der Waals surface area contributed by atoms with Crippen LogP contribution in [0.3, 0.4) is 0 Å². The van der Waals surface area contributed by atoms with Crippen molar-refractivity contribution in [3.63, 3.8) is 0 Å². The van der Waals surface area contributed by atoms with Gasteiger partial charge in [-0.05, 0) is 49.1 Å². The van der Waals surface area contributed by atoms with Crippen molar-refractivity contribution >= 4 is 21.6 Å². The molecule has 3 aromatic rings. The molecule has 0 aliphatic heterocycles. The number of allylic oxidation sites excluding steroid dienone is 1. The summed E-state index contributed by atoms with van der Waals surface area (Å²) in [5.41, 5.74) is 6.24. The van der Waals surface area contributed by atoms with Gasteiger partial charge in [-0.25, -0.2) is 4.98 Å². The van der Waals surface area contributed by atoms with Crippen molar-refractivity contribution in [3.8, 4) is 0 Å². The summed E-state index contributed by atoms with van der Waals surface area (Å²) in [6.07, 6.45) is 1.87. The van der Waals surface area contributed by atoms with Gasteiger partial charge >= 0.3 is 0 Å². The van der Waals surface area contributed by atoms with Crippen molar-refractivity contribution in [2.24, 2.45) is 0 Å². The van der Waals surface area contributed by atoms with E-state index in [0.29, 0.717) is 0 Å². The topological polar surface area (TPSA) is 12.9 Å². The van der Waals surface area contributed by atoms with Gasteiger partial charge in [0.2, 0.25) is 0 Å². The molecule has 0 N–H and O–H groups in total. The lowest BCUT2D eigenvalue weighted by molar-refractivity contribution is 1.12. The lowest BCUT2D eigenvalue weighted by Gasteiger charge is -2.02. The largest absolute Gasteiger partial charge is 0.241 e. The Labute approximate surface area is 130 Å². The van der Waals surface area contributed by atoms with Gasteiger partial charge in [-0.3, -0.25) is 0 Å². The Morgan fingerprint density at radius 2 is 1.81 bits per heavy atom. The van der Waals surface area contributed by atoms with E-state index in [1.165, 1.54) is 32.0 Å². The summed E-state index contributed by atoms with van der Waals surface area (Å²) in [6, 6.07) is 15.2. The number of rotatable bonds is 4. The van der Waals surface area contributed by atoms with E-state index in [1.807, 2.05) is 0 Å². The number of aryl methyl sites for hydroxylation is 1. The van der Waals surface area contributed by atoms with Crippen molar-refractivity contribution in [2.45, 2.75) is 26.7 Å². The molecule has 0 saturated heterocycles. The average molecular weight is 293 g/mol. The molecule has 0 amide bonds. The third-order valence-corrected chi connectivity index (χ3v) is 4.49. The number of aromatic nitrogens is 1. The molecular formula is C19H19NS. The molecule has 106 valence electrons. The summed E-state index contributed by atoms with van der Waals surface area (Å²) in [6.45, 7) is 8.15. The molecule has 0 aliphatic carbocycles. The second-order valence-electron chi connectivity index (χ2n) is 5.71. The smallest absolute Gasteiger partial charge is 0.0982 e. The first-order valence-corrected chi connectivity index (χ1v) is 8.00. The van der Waals surface area contributed by atoms with E-state index in [4.69, 9.17) is 4.98 Å². The molecule has 1 aromatic heterocycles. The van der Waals surface area contributed by atoms with Gasteiger partial charge in [0.05, 0.1) is 15.2 Å². The zero-order chi connectivity index (χ0) is 14.8. The standard InChI is InChI=1S/C19H19NS/c1-13(2)10-15-5-7-16(8-6-15)12-19-20-17-9-4-14(3)11-18(17)21-19/h4-9,11H,1,10,12H2,2-3H3. The predicted octanol–water partition coefficient (Wildman–Crippen LogP) is 5.31. The Morgan fingerprint density at radius 3 is 2.52 bits per heavy atom. The van der Waals surface area contributed by atoms with E-state index in [-0.39, 0.29) is 0 Å². The molecule has 3 rings (SSSR count). The summed E-state index contributed by atoms with van der Waals surface area (Å²) < 4.78 is 1.28. The summed E-state index contributed by atoms with van der Waals surface area (Å²) >= 11 is 1.80. The zero-order valence-corrected chi connectivity index (χ0v) is 13.3. The molecule has 2 heteroatoms. The Bertz CT molecular complexity index is 781. The van der Waals surface area contributed by atoms with Crippen LogP contribution in [-0.2, 0) is 12.8 Å². The van der Waals surface area contributed by atoms with Crippen molar-refractivity contribution in [2.75, 3.05) is 0 Å². The van der Waals surface area contributed by atoms with Crippen LogP contribution < -0.4 is 0 Å². The summed E-state index contributed by atoms with van der Waals surface area (Å²) in [7, 11) is 0. The quantitative estimate of drug-likeness (QED) is 0.594. The SMILES string of the molecule is C=C(C)Cc1ccc(Cc2nc3ccc(C)cc3s2)cc1. The third kappa shape index (κ3) is 3.40. The molecule has 0 saturated carbocycles. The van der Waals surface area contributed by atoms with Gasteiger partial charge in [0, 0.05) is 6.42 Å². The van der Waals surface area contributed by atoms with Crippen LogP contribution in [0.1, 0.15) is 28.6 Å². The van der Waals surface area contributed by atoms with Gasteiger partial charge in [0.15, 0.2) is 0 Å². The number of hydrogen-bond donors (Lipinski definition) is 0. The molecule has 2 aromatic carbocycles. The van der Waals surface area contributed by atoms with Crippen molar-refractivity contribution in [1.82, 2.24) is 4.98 Å². The first kappa shape index (κ1) is 14.0. The van der Waals surface area contributed by atoms with Crippen LogP contribution in [-0.4, -0.2) is 4.98 Å². The normalized spacial score (nSPS) is 11.0. The average Bonchev–Trinajstić information content (AvgIpc) is 2.82. The molecule has 0 spiro atoms. The molecule has 1 heterocycles.